The van der Waals surface area contributed by atoms with Gasteiger partial charge in [0, 0.05) is 0 Å². The first kappa shape index (κ1) is 11.6. The molecule has 0 bridgehead atoms. The summed E-state index contributed by atoms with van der Waals surface area (Å²) >= 11 is 5.66. The van der Waals surface area contributed by atoms with E-state index in [-0.39, 0.29) is 17.2 Å². The first-order valence-corrected chi connectivity index (χ1v) is 5.34. The lowest BCUT2D eigenvalue weighted by molar-refractivity contribution is 0.440. The fourth-order valence-electron chi connectivity index (χ4n) is 1.49. The molecular weight excluding hydrogens is 240 g/mol. The Morgan fingerprint density at radius 2 is 1.71 bits per heavy atom. The first-order chi connectivity index (χ1) is 8.02. The van der Waals surface area contributed by atoms with Crippen molar-refractivity contribution in [2.24, 2.45) is 0 Å². The van der Waals surface area contributed by atoms with Crippen molar-refractivity contribution in [3.63, 3.8) is 0 Å². The van der Waals surface area contributed by atoms with E-state index in [2.05, 4.69) is 15.0 Å². The summed E-state index contributed by atoms with van der Waals surface area (Å²) in [7, 11) is 0. The Balaban J connectivity index is 2.31. The molecule has 2 aromatic rings. The van der Waals surface area contributed by atoms with Gasteiger partial charge in [-0.05, 0) is 48.7 Å². The highest BCUT2D eigenvalue weighted by Gasteiger charge is 2.05. The number of anilines is 1. The topological polar surface area (TPSA) is 73.9 Å². The van der Waals surface area contributed by atoms with Crippen LogP contribution in [0.15, 0.2) is 18.2 Å². The van der Waals surface area contributed by atoms with Crippen LogP contribution >= 0.6 is 11.6 Å². The maximum Gasteiger partial charge on any atom is 0.328 e. The van der Waals surface area contributed by atoms with Gasteiger partial charge in [-0.25, -0.2) is 0 Å². The number of hydrogen-bond donors (Lipinski definition) is 1. The van der Waals surface area contributed by atoms with Gasteiger partial charge in [-0.15, -0.1) is 0 Å². The van der Waals surface area contributed by atoms with Crippen LogP contribution in [0.25, 0.3) is 0 Å². The molecule has 2 N–H and O–H groups in total. The van der Waals surface area contributed by atoms with Crippen LogP contribution < -0.4 is 10.5 Å². The van der Waals surface area contributed by atoms with Crippen LogP contribution in [-0.4, -0.2) is 15.0 Å². The predicted molar refractivity (Wildman–Crippen MR) is 65.2 cm³/mol. The van der Waals surface area contributed by atoms with Crippen molar-refractivity contribution in [1.29, 1.82) is 0 Å². The average molecular weight is 251 g/mol. The molecule has 1 heterocycles. The molecule has 2 rings (SSSR count). The summed E-state index contributed by atoms with van der Waals surface area (Å²) < 4.78 is 5.48. The molecule has 1 aromatic carbocycles. The van der Waals surface area contributed by atoms with E-state index < -0.39 is 0 Å². The maximum absolute atomic E-state index is 5.66. The van der Waals surface area contributed by atoms with Crippen molar-refractivity contribution in [2.45, 2.75) is 13.8 Å². The zero-order valence-electron chi connectivity index (χ0n) is 9.44. The zero-order valence-corrected chi connectivity index (χ0v) is 10.2. The maximum atomic E-state index is 5.66. The number of nitrogen functional groups attached to an aromatic ring is 1. The smallest absolute Gasteiger partial charge is 0.328 e. The first-order valence-electron chi connectivity index (χ1n) is 4.96. The molecule has 88 valence electrons. The normalized spacial score (nSPS) is 10.3. The largest absolute Gasteiger partial charge is 0.424 e. The number of halogens is 1. The van der Waals surface area contributed by atoms with Gasteiger partial charge in [-0.1, -0.05) is 6.07 Å². The van der Waals surface area contributed by atoms with Crippen LogP contribution in [0.3, 0.4) is 0 Å². The number of benzene rings is 1. The van der Waals surface area contributed by atoms with Crippen LogP contribution in [0, 0.1) is 13.8 Å². The fourth-order valence-corrected chi connectivity index (χ4v) is 1.65. The molecule has 0 fully saturated rings. The number of ether oxygens (including phenoxy) is 1. The molecule has 0 saturated carbocycles. The molecular formula is C11H11ClN4O. The van der Waals surface area contributed by atoms with E-state index in [0.29, 0.717) is 5.75 Å². The summed E-state index contributed by atoms with van der Waals surface area (Å²) in [6, 6.07) is 5.89. The minimum atomic E-state index is 0.0110. The minimum Gasteiger partial charge on any atom is -0.424 e. The van der Waals surface area contributed by atoms with Gasteiger partial charge < -0.3 is 10.5 Å². The number of nitrogens with two attached hydrogens (primary N) is 1. The van der Waals surface area contributed by atoms with E-state index in [1.54, 1.807) is 0 Å². The van der Waals surface area contributed by atoms with Gasteiger partial charge in [-0.2, -0.15) is 15.0 Å². The van der Waals surface area contributed by atoms with Gasteiger partial charge in [0.25, 0.3) is 0 Å². The second-order valence-corrected chi connectivity index (χ2v) is 4.01. The SMILES string of the molecule is Cc1cc(C)cc(Oc2nc(N)nc(Cl)n2)c1. The Morgan fingerprint density at radius 3 is 2.29 bits per heavy atom. The zero-order chi connectivity index (χ0) is 12.4. The summed E-state index contributed by atoms with van der Waals surface area (Å²) in [5.41, 5.74) is 7.63. The van der Waals surface area contributed by atoms with Gasteiger partial charge in [0.1, 0.15) is 5.75 Å². The molecule has 17 heavy (non-hydrogen) atoms. The number of aryl methyl sites for hydroxylation is 2. The molecule has 6 heteroatoms. The number of nitrogens with zero attached hydrogens (tertiary/aromatic N) is 3. The summed E-state index contributed by atoms with van der Waals surface area (Å²) in [6.45, 7) is 3.96. The molecule has 0 unspecified atom stereocenters. The second-order valence-electron chi connectivity index (χ2n) is 3.67. The van der Waals surface area contributed by atoms with Crippen molar-refractivity contribution < 1.29 is 4.74 Å². The molecule has 0 aliphatic heterocycles. The van der Waals surface area contributed by atoms with E-state index >= 15 is 0 Å². The predicted octanol–water partition coefficient (Wildman–Crippen LogP) is 2.52. The van der Waals surface area contributed by atoms with E-state index in [0.717, 1.165) is 11.1 Å². The third-order valence-electron chi connectivity index (χ3n) is 2.01. The van der Waals surface area contributed by atoms with Crippen LogP contribution in [0.5, 0.6) is 11.8 Å². The van der Waals surface area contributed by atoms with E-state index in [9.17, 15) is 0 Å². The molecule has 0 spiro atoms. The van der Waals surface area contributed by atoms with Crippen molar-refractivity contribution in [3.05, 3.63) is 34.6 Å². The molecule has 0 saturated heterocycles. The monoisotopic (exact) mass is 250 g/mol. The Labute approximate surface area is 104 Å². The van der Waals surface area contributed by atoms with Crippen LogP contribution in [0.1, 0.15) is 11.1 Å². The van der Waals surface area contributed by atoms with Gasteiger partial charge in [0.2, 0.25) is 11.2 Å². The molecule has 0 aliphatic rings. The molecule has 5 nitrogen and oxygen atoms in total. The number of hydrogen-bond acceptors (Lipinski definition) is 5. The number of rotatable bonds is 2. The summed E-state index contributed by atoms with van der Waals surface area (Å²) in [6.07, 6.45) is 0. The lowest BCUT2D eigenvalue weighted by Crippen LogP contribution is -2.00. The summed E-state index contributed by atoms with van der Waals surface area (Å²) in [5, 5.41) is 0.0110. The van der Waals surface area contributed by atoms with Crippen molar-refractivity contribution >= 4 is 17.5 Å². The van der Waals surface area contributed by atoms with Gasteiger partial charge in [0.15, 0.2) is 0 Å². The Hall–Kier alpha value is -1.88. The van der Waals surface area contributed by atoms with Crippen molar-refractivity contribution in [3.8, 4) is 11.8 Å². The third-order valence-corrected chi connectivity index (χ3v) is 2.18. The van der Waals surface area contributed by atoms with Crippen molar-refractivity contribution in [2.75, 3.05) is 5.73 Å². The number of aromatic nitrogens is 3. The highest BCUT2D eigenvalue weighted by Crippen LogP contribution is 2.21. The molecule has 0 atom stereocenters. The Bertz CT molecular complexity index is 469. The lowest BCUT2D eigenvalue weighted by atomic mass is 10.1. The molecule has 0 radical (unpaired) electrons. The Morgan fingerprint density at radius 1 is 1.06 bits per heavy atom. The van der Waals surface area contributed by atoms with Crippen LogP contribution in [0.4, 0.5) is 5.95 Å². The van der Waals surface area contributed by atoms with Gasteiger partial charge >= 0.3 is 6.01 Å². The average Bonchev–Trinajstić information content (AvgIpc) is 2.13. The quantitative estimate of drug-likeness (QED) is 0.887. The summed E-state index contributed by atoms with van der Waals surface area (Å²) in [4.78, 5) is 11.3. The van der Waals surface area contributed by atoms with E-state index in [1.807, 2.05) is 32.0 Å². The lowest BCUT2D eigenvalue weighted by Gasteiger charge is -2.06. The Kier molecular flexibility index (Phi) is 3.10. The van der Waals surface area contributed by atoms with Crippen LogP contribution in [0.2, 0.25) is 5.28 Å². The van der Waals surface area contributed by atoms with E-state index in [1.165, 1.54) is 0 Å². The third kappa shape index (κ3) is 3.04. The molecule has 0 aliphatic carbocycles. The van der Waals surface area contributed by atoms with Gasteiger partial charge in [0.05, 0.1) is 0 Å². The van der Waals surface area contributed by atoms with Crippen LogP contribution in [-0.2, 0) is 0 Å². The standard InChI is InChI=1S/C11H11ClN4O/c1-6-3-7(2)5-8(4-6)17-11-15-9(12)14-10(13)16-11/h3-5H,1-2H3,(H2,13,14,15,16). The molecule has 0 amide bonds. The van der Waals surface area contributed by atoms with E-state index in [4.69, 9.17) is 22.1 Å². The highest BCUT2D eigenvalue weighted by atomic mass is 35.5. The van der Waals surface area contributed by atoms with Gasteiger partial charge in [-0.3, -0.25) is 0 Å². The minimum absolute atomic E-state index is 0.0110. The fraction of sp³-hybridized carbons (Fsp3) is 0.182. The summed E-state index contributed by atoms with van der Waals surface area (Å²) in [5.74, 6) is 0.675. The molecule has 1 aromatic heterocycles. The highest BCUT2D eigenvalue weighted by molar-refractivity contribution is 6.28. The second kappa shape index (κ2) is 4.55. The van der Waals surface area contributed by atoms with Crippen molar-refractivity contribution in [1.82, 2.24) is 15.0 Å².